The van der Waals surface area contributed by atoms with Gasteiger partial charge in [0, 0.05) is 0 Å². The highest BCUT2D eigenvalue weighted by atomic mass is 35.5. The van der Waals surface area contributed by atoms with Crippen LogP contribution in [0.4, 0.5) is 0 Å². The van der Waals surface area contributed by atoms with Gasteiger partial charge in [0.1, 0.15) is 5.88 Å². The van der Waals surface area contributed by atoms with E-state index < -0.39 is 9.76 Å². The highest BCUT2D eigenvalue weighted by molar-refractivity contribution is 6.33. The Morgan fingerprint density at radius 1 is 2.00 bits per heavy atom. The van der Waals surface area contributed by atoms with E-state index in [1.54, 1.807) is 0 Å². The van der Waals surface area contributed by atoms with E-state index >= 15 is 0 Å². The molecule has 0 saturated heterocycles. The van der Waals surface area contributed by atoms with Gasteiger partial charge >= 0.3 is 5.97 Å². The maximum absolute atomic E-state index is 10.1. The van der Waals surface area contributed by atoms with E-state index in [1.165, 1.54) is 0 Å². The maximum atomic E-state index is 10.1. The van der Waals surface area contributed by atoms with Crippen LogP contribution in [0.3, 0.4) is 0 Å². The van der Waals surface area contributed by atoms with Crippen molar-refractivity contribution in [3.05, 3.63) is 0 Å². The van der Waals surface area contributed by atoms with Gasteiger partial charge in [-0.05, 0) is 6.55 Å². The fourth-order valence-electron chi connectivity index (χ4n) is 0.200. The van der Waals surface area contributed by atoms with Gasteiger partial charge in [-0.3, -0.25) is 4.79 Å². The number of alkyl halides is 1. The summed E-state index contributed by atoms with van der Waals surface area (Å²) in [5, 5.41) is 0. The zero-order chi connectivity index (χ0) is 5.70. The molecule has 0 heterocycles. The summed E-state index contributed by atoms with van der Waals surface area (Å²) in [6, 6.07) is 0. The molecule has 0 aliphatic heterocycles. The van der Waals surface area contributed by atoms with Crippen molar-refractivity contribution in [1.82, 2.24) is 0 Å². The lowest BCUT2D eigenvalue weighted by atomic mass is 10.8. The SMILES string of the molecule is C[SiH2]OC(=O)CCl. The highest BCUT2D eigenvalue weighted by Gasteiger charge is 1.92. The van der Waals surface area contributed by atoms with Crippen LogP contribution in [-0.4, -0.2) is 21.6 Å². The van der Waals surface area contributed by atoms with Crippen LogP contribution in [0.2, 0.25) is 6.55 Å². The summed E-state index contributed by atoms with van der Waals surface area (Å²) in [4.78, 5) is 10.1. The molecule has 0 aromatic heterocycles. The van der Waals surface area contributed by atoms with Gasteiger partial charge in [-0.25, -0.2) is 0 Å². The summed E-state index contributed by atoms with van der Waals surface area (Å²) < 4.78 is 4.56. The lowest BCUT2D eigenvalue weighted by Gasteiger charge is -1.93. The molecular formula is C3H7ClO2Si. The van der Waals surface area contributed by atoms with Gasteiger partial charge in [0.15, 0.2) is 0 Å². The van der Waals surface area contributed by atoms with Gasteiger partial charge in [-0.15, -0.1) is 11.6 Å². The fourth-order valence-corrected chi connectivity index (χ4v) is 0.830. The average molecular weight is 139 g/mol. The number of carbonyl (C=O) groups excluding carboxylic acids is 1. The van der Waals surface area contributed by atoms with Gasteiger partial charge in [0.2, 0.25) is 9.76 Å². The number of rotatable bonds is 2. The molecule has 42 valence electrons. The van der Waals surface area contributed by atoms with E-state index in [1.807, 2.05) is 6.55 Å². The standard InChI is InChI=1S/C3H7ClO2Si/c1-7-6-3(5)2-4/h2,7H2,1H3. The van der Waals surface area contributed by atoms with Crippen molar-refractivity contribution in [2.75, 3.05) is 5.88 Å². The Balaban J connectivity index is 3.00. The van der Waals surface area contributed by atoms with Gasteiger partial charge in [0.25, 0.3) is 0 Å². The number of hydrogen-bond acceptors (Lipinski definition) is 2. The molecule has 7 heavy (non-hydrogen) atoms. The summed E-state index contributed by atoms with van der Waals surface area (Å²) in [5.74, 6) is -0.309. The molecule has 0 rings (SSSR count). The van der Waals surface area contributed by atoms with E-state index in [-0.39, 0.29) is 11.8 Å². The third kappa shape index (κ3) is 3.82. The molecule has 0 aliphatic carbocycles. The quantitative estimate of drug-likeness (QED) is 0.394. The number of carbonyl (C=O) groups is 1. The Labute approximate surface area is 49.7 Å². The van der Waals surface area contributed by atoms with E-state index in [0.29, 0.717) is 0 Å². The fraction of sp³-hybridized carbons (Fsp3) is 0.667. The molecule has 0 spiro atoms. The molecule has 0 bridgehead atoms. The predicted octanol–water partition coefficient (Wildman–Crippen LogP) is -0.0997. The van der Waals surface area contributed by atoms with Crippen molar-refractivity contribution in [1.29, 1.82) is 0 Å². The van der Waals surface area contributed by atoms with Gasteiger partial charge in [-0.2, -0.15) is 0 Å². The number of halogens is 1. The van der Waals surface area contributed by atoms with Crippen molar-refractivity contribution in [2.24, 2.45) is 0 Å². The van der Waals surface area contributed by atoms with Crippen LogP contribution in [0.5, 0.6) is 0 Å². The molecule has 4 heteroatoms. The second kappa shape index (κ2) is 4.14. The summed E-state index contributed by atoms with van der Waals surface area (Å²) in [6.07, 6.45) is 0. The average Bonchev–Trinajstić information content (AvgIpc) is 1.68. The van der Waals surface area contributed by atoms with Crippen molar-refractivity contribution >= 4 is 27.3 Å². The highest BCUT2D eigenvalue weighted by Crippen LogP contribution is 1.78. The Morgan fingerprint density at radius 3 is 2.71 bits per heavy atom. The van der Waals surface area contributed by atoms with Crippen LogP contribution in [0.25, 0.3) is 0 Å². The molecule has 0 radical (unpaired) electrons. The van der Waals surface area contributed by atoms with Gasteiger partial charge in [-0.1, -0.05) is 0 Å². The Kier molecular flexibility index (Phi) is 4.13. The van der Waals surface area contributed by atoms with Gasteiger partial charge < -0.3 is 4.43 Å². The van der Waals surface area contributed by atoms with Crippen LogP contribution in [-0.2, 0) is 9.22 Å². The molecule has 0 aromatic carbocycles. The molecule has 0 unspecified atom stereocenters. The third-order valence-electron chi connectivity index (χ3n) is 0.414. The second-order valence-corrected chi connectivity index (χ2v) is 2.07. The molecule has 0 N–H and O–H groups in total. The number of hydrogen-bond donors (Lipinski definition) is 0. The largest absolute Gasteiger partial charge is 0.524 e. The van der Waals surface area contributed by atoms with Crippen LogP contribution >= 0.6 is 11.6 Å². The maximum Gasteiger partial charge on any atom is 0.307 e. The van der Waals surface area contributed by atoms with Gasteiger partial charge in [0.05, 0.1) is 0 Å². The molecule has 0 aromatic rings. The molecule has 0 amide bonds. The zero-order valence-corrected chi connectivity index (χ0v) is 6.28. The molecule has 0 fully saturated rings. The third-order valence-corrected chi connectivity index (χ3v) is 1.24. The van der Waals surface area contributed by atoms with Crippen molar-refractivity contribution in [3.63, 3.8) is 0 Å². The smallest absolute Gasteiger partial charge is 0.307 e. The van der Waals surface area contributed by atoms with E-state index in [4.69, 9.17) is 11.6 Å². The zero-order valence-electron chi connectivity index (χ0n) is 4.11. The normalized spacial score (nSPS) is 10.0. The predicted molar refractivity (Wildman–Crippen MR) is 31.2 cm³/mol. The first kappa shape index (κ1) is 6.98. The van der Waals surface area contributed by atoms with Crippen LogP contribution in [0.1, 0.15) is 0 Å². The van der Waals surface area contributed by atoms with Crippen LogP contribution < -0.4 is 0 Å². The van der Waals surface area contributed by atoms with Crippen molar-refractivity contribution in [2.45, 2.75) is 6.55 Å². The Hall–Kier alpha value is -0.0231. The topological polar surface area (TPSA) is 26.3 Å². The minimum Gasteiger partial charge on any atom is -0.524 e. The minimum absolute atomic E-state index is 0.0131. The van der Waals surface area contributed by atoms with Crippen molar-refractivity contribution < 1.29 is 9.22 Å². The molecule has 0 atom stereocenters. The summed E-state index contributed by atoms with van der Waals surface area (Å²) in [5.41, 5.74) is 0. The summed E-state index contributed by atoms with van der Waals surface area (Å²) in [7, 11) is -0.578. The first-order chi connectivity index (χ1) is 3.31. The van der Waals surface area contributed by atoms with Crippen LogP contribution in [0, 0.1) is 0 Å². The molecule has 0 aliphatic rings. The first-order valence-electron chi connectivity index (χ1n) is 2.02. The monoisotopic (exact) mass is 138 g/mol. The van der Waals surface area contributed by atoms with E-state index in [0.717, 1.165) is 0 Å². The molecule has 2 nitrogen and oxygen atoms in total. The van der Waals surface area contributed by atoms with Crippen LogP contribution in [0.15, 0.2) is 0 Å². The summed E-state index contributed by atoms with van der Waals surface area (Å²) in [6.45, 7) is 1.88. The van der Waals surface area contributed by atoms with E-state index in [9.17, 15) is 4.79 Å². The lowest BCUT2D eigenvalue weighted by molar-refractivity contribution is -0.131. The molecular weight excluding hydrogens is 132 g/mol. The summed E-state index contributed by atoms with van der Waals surface area (Å²) >= 11 is 5.08. The lowest BCUT2D eigenvalue weighted by Crippen LogP contribution is -2.06. The second-order valence-electron chi connectivity index (χ2n) is 0.939. The van der Waals surface area contributed by atoms with Crippen molar-refractivity contribution in [3.8, 4) is 0 Å². The van der Waals surface area contributed by atoms with E-state index in [2.05, 4.69) is 4.43 Å². The molecule has 0 saturated carbocycles. The minimum atomic E-state index is -0.578. The Bertz CT molecular complexity index is 66.0. The first-order valence-corrected chi connectivity index (χ1v) is 4.55. The Morgan fingerprint density at radius 2 is 2.57 bits per heavy atom.